The molecule has 3 rings (SSSR count). The zero-order chi connectivity index (χ0) is 17.6. The molecule has 0 fully saturated rings. The lowest BCUT2D eigenvalue weighted by atomic mass is 10.1. The van der Waals surface area contributed by atoms with Crippen LogP contribution in [0.15, 0.2) is 78.9 Å². The first kappa shape index (κ1) is 16.7. The molecule has 25 heavy (non-hydrogen) atoms. The molecule has 4 heteroatoms. The number of anilines is 2. The molecule has 0 aliphatic heterocycles. The van der Waals surface area contributed by atoms with Crippen LogP contribution >= 0.6 is 0 Å². The van der Waals surface area contributed by atoms with E-state index in [1.807, 2.05) is 54.6 Å². The highest BCUT2D eigenvalue weighted by atomic mass is 19.1. The van der Waals surface area contributed by atoms with Gasteiger partial charge in [0.15, 0.2) is 0 Å². The summed E-state index contributed by atoms with van der Waals surface area (Å²) in [7, 11) is 0. The summed E-state index contributed by atoms with van der Waals surface area (Å²) in [5, 5.41) is 5.72. The number of benzene rings is 3. The smallest absolute Gasteiger partial charge is 0.246 e. The number of amides is 1. The molecule has 2 N–H and O–H groups in total. The van der Waals surface area contributed by atoms with Crippen molar-refractivity contribution in [2.45, 2.75) is 13.0 Å². The van der Waals surface area contributed by atoms with Crippen LogP contribution in [0.5, 0.6) is 0 Å². The van der Waals surface area contributed by atoms with Gasteiger partial charge in [-0.15, -0.1) is 0 Å². The zero-order valence-electron chi connectivity index (χ0n) is 13.9. The van der Waals surface area contributed by atoms with Gasteiger partial charge in [0.2, 0.25) is 5.91 Å². The topological polar surface area (TPSA) is 41.1 Å². The molecule has 1 amide bonds. The maximum atomic E-state index is 13.6. The highest BCUT2D eigenvalue weighted by molar-refractivity contribution is 5.96. The summed E-state index contributed by atoms with van der Waals surface area (Å²) in [6, 6.07) is 23.5. The van der Waals surface area contributed by atoms with Crippen molar-refractivity contribution in [3.8, 4) is 11.1 Å². The average Bonchev–Trinajstić information content (AvgIpc) is 2.65. The predicted molar refractivity (Wildman–Crippen MR) is 100.0 cm³/mol. The first-order valence-corrected chi connectivity index (χ1v) is 8.11. The van der Waals surface area contributed by atoms with E-state index in [1.54, 1.807) is 19.1 Å². The highest BCUT2D eigenvalue weighted by Crippen LogP contribution is 2.21. The molecule has 126 valence electrons. The predicted octanol–water partition coefficient (Wildman–Crippen LogP) is 4.93. The van der Waals surface area contributed by atoms with Crippen molar-refractivity contribution in [3.63, 3.8) is 0 Å². The van der Waals surface area contributed by atoms with E-state index in [4.69, 9.17) is 0 Å². The molecule has 0 radical (unpaired) electrons. The van der Waals surface area contributed by atoms with Crippen LogP contribution in [0.2, 0.25) is 0 Å². The van der Waals surface area contributed by atoms with Gasteiger partial charge in [0.1, 0.15) is 11.9 Å². The van der Waals surface area contributed by atoms with Gasteiger partial charge >= 0.3 is 0 Å². The van der Waals surface area contributed by atoms with Crippen molar-refractivity contribution in [1.29, 1.82) is 0 Å². The summed E-state index contributed by atoms with van der Waals surface area (Å²) >= 11 is 0. The maximum Gasteiger partial charge on any atom is 0.246 e. The molecule has 0 aliphatic carbocycles. The van der Waals surface area contributed by atoms with Crippen molar-refractivity contribution < 1.29 is 9.18 Å². The zero-order valence-corrected chi connectivity index (χ0v) is 13.9. The van der Waals surface area contributed by atoms with Crippen molar-refractivity contribution in [2.24, 2.45) is 0 Å². The Bertz CT molecular complexity index is 847. The van der Waals surface area contributed by atoms with Crippen molar-refractivity contribution in [2.75, 3.05) is 10.6 Å². The van der Waals surface area contributed by atoms with Crippen molar-refractivity contribution >= 4 is 17.3 Å². The van der Waals surface area contributed by atoms with Gasteiger partial charge in [-0.2, -0.15) is 0 Å². The maximum absolute atomic E-state index is 13.6. The molecule has 0 unspecified atom stereocenters. The summed E-state index contributed by atoms with van der Waals surface area (Å²) in [5.74, 6) is -0.743. The molecule has 0 saturated heterocycles. The second-order valence-corrected chi connectivity index (χ2v) is 5.78. The second kappa shape index (κ2) is 7.62. The molecule has 0 aliphatic rings. The minimum absolute atomic E-state index is 0.181. The van der Waals surface area contributed by atoms with Gasteiger partial charge < -0.3 is 10.6 Å². The number of carbonyl (C=O) groups is 1. The lowest BCUT2D eigenvalue weighted by Gasteiger charge is -2.16. The number of hydrogen-bond acceptors (Lipinski definition) is 2. The molecule has 0 spiro atoms. The summed E-state index contributed by atoms with van der Waals surface area (Å²) in [6.45, 7) is 1.74. The van der Waals surface area contributed by atoms with Crippen LogP contribution in [0.3, 0.4) is 0 Å². The third kappa shape index (κ3) is 4.23. The molecular weight excluding hydrogens is 315 g/mol. The molecule has 0 heterocycles. The third-order valence-electron chi connectivity index (χ3n) is 3.90. The number of carbonyl (C=O) groups excluding carboxylic acids is 1. The van der Waals surface area contributed by atoms with Crippen LogP contribution in [0.25, 0.3) is 11.1 Å². The fourth-order valence-corrected chi connectivity index (χ4v) is 2.51. The molecule has 0 bridgehead atoms. The molecule has 1 atom stereocenters. The minimum atomic E-state index is -0.498. The van der Waals surface area contributed by atoms with Gasteiger partial charge in [0.05, 0.1) is 5.69 Å². The van der Waals surface area contributed by atoms with Crippen LogP contribution in [-0.2, 0) is 4.79 Å². The number of halogens is 1. The number of nitrogens with one attached hydrogen (secondary N) is 2. The fraction of sp³-hybridized carbons (Fsp3) is 0.0952. The first-order chi connectivity index (χ1) is 12.1. The molecule has 3 nitrogen and oxygen atoms in total. The van der Waals surface area contributed by atoms with Crippen LogP contribution in [0.4, 0.5) is 15.8 Å². The van der Waals surface area contributed by atoms with Gasteiger partial charge in [0.25, 0.3) is 0 Å². The summed E-state index contributed by atoms with van der Waals surface area (Å²) in [5.41, 5.74) is 3.26. The summed E-state index contributed by atoms with van der Waals surface area (Å²) < 4.78 is 13.6. The van der Waals surface area contributed by atoms with Crippen molar-refractivity contribution in [1.82, 2.24) is 0 Å². The Kier molecular flexibility index (Phi) is 5.09. The van der Waals surface area contributed by atoms with Gasteiger partial charge in [-0.25, -0.2) is 4.39 Å². The van der Waals surface area contributed by atoms with E-state index >= 15 is 0 Å². The summed E-state index contributed by atoms with van der Waals surface area (Å²) in [4.78, 5) is 12.2. The van der Waals surface area contributed by atoms with E-state index in [0.717, 1.165) is 16.8 Å². The molecule has 0 saturated carbocycles. The Hall–Kier alpha value is -3.14. The largest absolute Gasteiger partial charge is 0.374 e. The second-order valence-electron chi connectivity index (χ2n) is 5.78. The Morgan fingerprint density at radius 1 is 0.840 bits per heavy atom. The van der Waals surface area contributed by atoms with Gasteiger partial charge in [0, 0.05) is 5.69 Å². The van der Waals surface area contributed by atoms with Gasteiger partial charge in [-0.3, -0.25) is 4.79 Å². The number of rotatable bonds is 5. The van der Waals surface area contributed by atoms with E-state index in [1.165, 1.54) is 12.1 Å². The quantitative estimate of drug-likeness (QED) is 0.694. The molecule has 0 aromatic heterocycles. The summed E-state index contributed by atoms with van der Waals surface area (Å²) in [6.07, 6.45) is 0. The lowest BCUT2D eigenvalue weighted by molar-refractivity contribution is -0.116. The van der Waals surface area contributed by atoms with Crippen LogP contribution in [0.1, 0.15) is 6.92 Å². The fourth-order valence-electron chi connectivity index (χ4n) is 2.51. The lowest BCUT2D eigenvalue weighted by Crippen LogP contribution is -2.32. The monoisotopic (exact) mass is 334 g/mol. The van der Waals surface area contributed by atoms with Crippen molar-refractivity contribution in [3.05, 3.63) is 84.7 Å². The van der Waals surface area contributed by atoms with Gasteiger partial charge in [-0.1, -0.05) is 54.6 Å². The Balaban J connectivity index is 1.63. The van der Waals surface area contributed by atoms with E-state index < -0.39 is 11.9 Å². The molecule has 3 aromatic rings. The van der Waals surface area contributed by atoms with E-state index in [9.17, 15) is 9.18 Å². The third-order valence-corrected chi connectivity index (χ3v) is 3.90. The Morgan fingerprint density at radius 3 is 2.12 bits per heavy atom. The first-order valence-electron chi connectivity index (χ1n) is 8.11. The van der Waals surface area contributed by atoms with E-state index in [0.29, 0.717) is 0 Å². The molecule has 3 aromatic carbocycles. The Morgan fingerprint density at radius 2 is 1.44 bits per heavy atom. The molecular formula is C21H19FN2O. The SMILES string of the molecule is C[C@H](Nc1ccc(-c2ccccc2)cc1)C(=O)Nc1ccccc1F. The van der Waals surface area contributed by atoms with Gasteiger partial charge in [-0.05, 0) is 42.3 Å². The van der Waals surface area contributed by atoms with Crippen LogP contribution < -0.4 is 10.6 Å². The standard InChI is InChI=1S/C21H19FN2O/c1-15(21(25)24-20-10-6-5-9-19(20)22)23-18-13-11-17(12-14-18)16-7-3-2-4-8-16/h2-15,23H,1H3,(H,24,25)/t15-/m0/s1. The number of hydrogen-bond donors (Lipinski definition) is 2. The van der Waals surface area contributed by atoms with Crippen LogP contribution in [0, 0.1) is 5.82 Å². The highest BCUT2D eigenvalue weighted by Gasteiger charge is 2.14. The van der Waals surface area contributed by atoms with Crippen LogP contribution in [-0.4, -0.2) is 11.9 Å². The average molecular weight is 334 g/mol. The minimum Gasteiger partial charge on any atom is -0.374 e. The van der Waals surface area contributed by atoms with E-state index in [2.05, 4.69) is 10.6 Å². The Labute approximate surface area is 146 Å². The number of para-hydroxylation sites is 1. The van der Waals surface area contributed by atoms with E-state index in [-0.39, 0.29) is 11.6 Å². The normalized spacial score (nSPS) is 11.6.